The fourth-order valence-corrected chi connectivity index (χ4v) is 12.4. The van der Waals surface area contributed by atoms with E-state index < -0.39 is 6.62 Å². The highest BCUT2D eigenvalue weighted by atomic mass is 35.7. The second-order valence-corrected chi connectivity index (χ2v) is 19.1. The predicted molar refractivity (Wildman–Crippen MR) is 233 cm³/mol. The summed E-state index contributed by atoms with van der Waals surface area (Å²) >= 11 is 7.96. The largest absolute Gasteiger partial charge is 0.353 e. The normalized spacial score (nSPS) is 12.1. The van der Waals surface area contributed by atoms with Crippen LogP contribution in [0.3, 0.4) is 0 Å². The summed E-state index contributed by atoms with van der Waals surface area (Å²) in [5, 5.41) is 3.84. The maximum Gasteiger partial charge on any atom is 0.211 e. The number of rotatable bonds is 29. The minimum atomic E-state index is -2.32. The van der Waals surface area contributed by atoms with E-state index >= 15 is 0 Å². The summed E-state index contributed by atoms with van der Waals surface area (Å²) < 4.78 is 12.5. The molecule has 0 unspecified atom stereocenters. The molecule has 0 N–H and O–H groups in total. The van der Waals surface area contributed by atoms with Crippen LogP contribution in [0.25, 0.3) is 0 Å². The van der Waals surface area contributed by atoms with Crippen molar-refractivity contribution in [3.05, 3.63) is 101 Å². The van der Waals surface area contributed by atoms with E-state index in [-0.39, 0.29) is 6.29 Å². The van der Waals surface area contributed by atoms with E-state index in [2.05, 4.69) is 114 Å². The zero-order valence-electron chi connectivity index (χ0n) is 33.8. The van der Waals surface area contributed by atoms with E-state index in [0.29, 0.717) is 0 Å². The van der Waals surface area contributed by atoms with Crippen LogP contribution >= 0.6 is 17.9 Å². The first-order valence-corrected chi connectivity index (χ1v) is 23.8. The summed E-state index contributed by atoms with van der Waals surface area (Å²) in [4.78, 5) is 0. The molecule has 3 rings (SSSR count). The summed E-state index contributed by atoms with van der Waals surface area (Å²) in [5.41, 5.74) is 5.30. The molecule has 0 heterocycles. The Kier molecular flexibility index (Phi) is 22.9. The standard InChI is InChI=1S/C48H73ClO2P/c1-6-8-10-12-20-28-39-50-48(51-40-29-21-13-11-9-7-2)38-23-19-17-15-14-16-18-22-33-44-34-30-37-47(43(44)5)52(49,45-35-26-24-31-41(45)3)46-36-27-25-32-42(46)4/h14,16,24-27,30-32,34-37,48H,6-13,15,17-23,28-29,33,38-40H2,1-5H3/q+1/b16-14-. The Labute approximate surface area is 325 Å². The van der Waals surface area contributed by atoms with Crippen molar-refractivity contribution >= 4 is 33.8 Å². The topological polar surface area (TPSA) is 18.5 Å². The molecule has 0 aliphatic rings. The van der Waals surface area contributed by atoms with Crippen LogP contribution < -0.4 is 15.9 Å². The molecule has 0 spiro atoms. The van der Waals surface area contributed by atoms with Crippen LogP contribution in [-0.2, 0) is 15.9 Å². The molecule has 0 saturated carbocycles. The third-order valence-electron chi connectivity index (χ3n) is 10.5. The fraction of sp³-hybridized carbons (Fsp3) is 0.583. The highest BCUT2D eigenvalue weighted by Crippen LogP contribution is 2.62. The summed E-state index contributed by atoms with van der Waals surface area (Å²) in [7, 11) is 0. The predicted octanol–water partition coefficient (Wildman–Crippen LogP) is 14.0. The molecule has 52 heavy (non-hydrogen) atoms. The van der Waals surface area contributed by atoms with Crippen molar-refractivity contribution < 1.29 is 9.47 Å². The molecule has 3 aromatic rings. The lowest BCUT2D eigenvalue weighted by Gasteiger charge is -2.24. The highest BCUT2D eigenvalue weighted by molar-refractivity contribution is 8.15. The van der Waals surface area contributed by atoms with Gasteiger partial charge >= 0.3 is 0 Å². The average Bonchev–Trinajstić information content (AvgIpc) is 3.15. The number of hydrogen-bond acceptors (Lipinski definition) is 2. The van der Waals surface area contributed by atoms with Gasteiger partial charge in [0, 0.05) is 13.2 Å². The van der Waals surface area contributed by atoms with Gasteiger partial charge in [-0.05, 0) is 119 Å². The fourth-order valence-electron chi connectivity index (χ4n) is 7.29. The smallest absolute Gasteiger partial charge is 0.211 e. The van der Waals surface area contributed by atoms with Gasteiger partial charge in [0.1, 0.15) is 27.2 Å². The second-order valence-electron chi connectivity index (χ2n) is 14.9. The molecule has 0 aliphatic heterocycles. The van der Waals surface area contributed by atoms with Gasteiger partial charge in [-0.1, -0.05) is 145 Å². The highest BCUT2D eigenvalue weighted by Gasteiger charge is 2.48. The number of aryl methyl sites for hydroxylation is 3. The first-order chi connectivity index (χ1) is 25.4. The van der Waals surface area contributed by atoms with Crippen LogP contribution in [-0.4, -0.2) is 19.5 Å². The Morgan fingerprint density at radius 1 is 0.538 bits per heavy atom. The van der Waals surface area contributed by atoms with Gasteiger partial charge in [-0.25, -0.2) is 0 Å². The zero-order chi connectivity index (χ0) is 37.3. The van der Waals surface area contributed by atoms with E-state index in [9.17, 15) is 0 Å². The van der Waals surface area contributed by atoms with Crippen molar-refractivity contribution in [2.24, 2.45) is 0 Å². The number of ether oxygens (including phenoxy) is 2. The molecular formula is C48H73ClO2P+. The molecule has 3 aromatic carbocycles. The molecule has 2 nitrogen and oxygen atoms in total. The van der Waals surface area contributed by atoms with Gasteiger partial charge in [0.25, 0.3) is 0 Å². The molecule has 0 fully saturated rings. The van der Waals surface area contributed by atoms with E-state index in [4.69, 9.17) is 20.7 Å². The van der Waals surface area contributed by atoms with Crippen molar-refractivity contribution in [3.8, 4) is 0 Å². The summed E-state index contributed by atoms with van der Waals surface area (Å²) in [5.74, 6) is 0. The Hall–Kier alpha value is -1.96. The molecule has 0 amide bonds. The zero-order valence-corrected chi connectivity index (χ0v) is 35.4. The van der Waals surface area contributed by atoms with Gasteiger partial charge in [0.05, 0.1) is 0 Å². The summed E-state index contributed by atoms with van der Waals surface area (Å²) in [6.45, 7) is 10.6. The van der Waals surface area contributed by atoms with Gasteiger partial charge in [-0.15, -0.1) is 0 Å². The number of benzene rings is 3. The number of halogens is 1. The van der Waals surface area contributed by atoms with E-state index in [1.165, 1.54) is 122 Å². The van der Waals surface area contributed by atoms with Crippen molar-refractivity contribution in [2.75, 3.05) is 13.2 Å². The molecule has 288 valence electrons. The van der Waals surface area contributed by atoms with Crippen molar-refractivity contribution in [1.82, 2.24) is 0 Å². The lowest BCUT2D eigenvalue weighted by Crippen LogP contribution is -2.32. The first-order valence-electron chi connectivity index (χ1n) is 21.1. The van der Waals surface area contributed by atoms with Crippen LogP contribution in [0.4, 0.5) is 0 Å². The molecular weight excluding hydrogens is 675 g/mol. The molecule has 0 aliphatic carbocycles. The minimum Gasteiger partial charge on any atom is -0.353 e. The minimum absolute atomic E-state index is 0.0247. The second kappa shape index (κ2) is 26.8. The van der Waals surface area contributed by atoms with Gasteiger partial charge < -0.3 is 9.47 Å². The van der Waals surface area contributed by atoms with Gasteiger partial charge in [-0.3, -0.25) is 0 Å². The maximum atomic E-state index is 7.96. The number of allylic oxidation sites excluding steroid dienone is 2. The lowest BCUT2D eigenvalue weighted by atomic mass is 10.0. The number of hydrogen-bond donors (Lipinski definition) is 0. The third-order valence-corrected chi connectivity index (χ3v) is 15.7. The van der Waals surface area contributed by atoms with Crippen molar-refractivity contribution in [3.63, 3.8) is 0 Å². The van der Waals surface area contributed by atoms with Crippen LogP contribution in [0.2, 0.25) is 0 Å². The van der Waals surface area contributed by atoms with Gasteiger partial charge in [0.2, 0.25) is 6.62 Å². The molecule has 0 atom stereocenters. The maximum absolute atomic E-state index is 7.96. The molecule has 0 bridgehead atoms. The molecule has 0 aromatic heterocycles. The molecule has 4 heteroatoms. The first kappa shape index (κ1) is 44.4. The van der Waals surface area contributed by atoms with Crippen molar-refractivity contribution in [2.45, 2.75) is 169 Å². The Bertz CT molecular complexity index is 1340. The molecule has 0 radical (unpaired) electrons. The van der Waals surface area contributed by atoms with Gasteiger partial charge in [0.15, 0.2) is 6.29 Å². The lowest BCUT2D eigenvalue weighted by molar-refractivity contribution is -0.148. The van der Waals surface area contributed by atoms with Crippen molar-refractivity contribution in [1.29, 1.82) is 0 Å². The Balaban J connectivity index is 1.43. The quantitative estimate of drug-likeness (QED) is 0.0305. The monoisotopic (exact) mass is 748 g/mol. The van der Waals surface area contributed by atoms with Crippen LogP contribution in [0, 0.1) is 20.8 Å². The molecule has 0 saturated heterocycles. The average molecular weight is 749 g/mol. The summed E-state index contributed by atoms with van der Waals surface area (Å²) in [6.07, 6.45) is 29.5. The SMILES string of the molecule is CCCCCCCCOC(CCCCC/C=C\CCCc1cccc([P+](Cl)(c2ccccc2C)c2ccccc2C)c1C)OCCCCCCCC. The summed E-state index contributed by atoms with van der Waals surface area (Å²) in [6, 6.07) is 24.2. The van der Waals surface area contributed by atoms with Gasteiger partial charge in [-0.2, -0.15) is 0 Å². The van der Waals surface area contributed by atoms with E-state index in [0.717, 1.165) is 58.2 Å². The van der Waals surface area contributed by atoms with Crippen LogP contribution in [0.15, 0.2) is 78.9 Å². The van der Waals surface area contributed by atoms with Crippen LogP contribution in [0.5, 0.6) is 0 Å². The number of unbranched alkanes of at least 4 members (excludes halogenated alkanes) is 14. The van der Waals surface area contributed by atoms with E-state index in [1.54, 1.807) is 0 Å². The third kappa shape index (κ3) is 15.4. The van der Waals surface area contributed by atoms with Crippen LogP contribution in [0.1, 0.15) is 158 Å². The Morgan fingerprint density at radius 3 is 1.58 bits per heavy atom. The van der Waals surface area contributed by atoms with E-state index in [1.807, 2.05) is 0 Å². The Morgan fingerprint density at radius 2 is 1.02 bits per heavy atom.